The van der Waals surface area contributed by atoms with E-state index in [2.05, 4.69) is 5.32 Å². The fourth-order valence-electron chi connectivity index (χ4n) is 4.54. The summed E-state index contributed by atoms with van der Waals surface area (Å²) in [6.45, 7) is 1.07. The summed E-state index contributed by atoms with van der Waals surface area (Å²) in [5.74, 6) is -0.365. The van der Waals surface area contributed by atoms with Crippen molar-refractivity contribution in [3.63, 3.8) is 0 Å². The Bertz CT molecular complexity index is 1450. The molecule has 2 amide bonds. The quantitative estimate of drug-likeness (QED) is 0.334. The summed E-state index contributed by atoms with van der Waals surface area (Å²) in [6.07, 6.45) is -3.76. The van der Waals surface area contributed by atoms with Gasteiger partial charge in [-0.05, 0) is 71.1 Å². The van der Waals surface area contributed by atoms with Crippen molar-refractivity contribution < 1.29 is 22.8 Å². The third-order valence-electron chi connectivity index (χ3n) is 6.48. The first-order valence-corrected chi connectivity index (χ1v) is 11.8. The highest BCUT2D eigenvalue weighted by molar-refractivity contribution is 6.08. The first kappa shape index (κ1) is 24.3. The van der Waals surface area contributed by atoms with Gasteiger partial charge in [0.25, 0.3) is 11.8 Å². The standard InChI is InChI=1S/C30H23F3N2O2/c31-30(32,33)24-13-10-20(11-14-24)26-8-4-5-9-27(26)28(36)34-25-15-12-23-19-35(17-16-22(23)18-25)29(37)21-6-2-1-3-7-21/h1-15,18H,16-17,19H2,(H,34,36). The highest BCUT2D eigenvalue weighted by Gasteiger charge is 2.30. The Hall–Kier alpha value is -4.39. The molecular formula is C30H23F3N2O2. The molecule has 0 atom stereocenters. The Morgan fingerprint density at radius 3 is 2.22 bits per heavy atom. The van der Waals surface area contributed by atoms with Crippen LogP contribution in [-0.4, -0.2) is 23.3 Å². The van der Waals surface area contributed by atoms with Crippen LogP contribution in [-0.2, 0) is 19.1 Å². The number of rotatable bonds is 4. The number of nitrogens with zero attached hydrogens (tertiary/aromatic N) is 1. The zero-order valence-corrected chi connectivity index (χ0v) is 19.8. The number of hydrogen-bond acceptors (Lipinski definition) is 2. The summed E-state index contributed by atoms with van der Waals surface area (Å²) in [7, 11) is 0. The third-order valence-corrected chi connectivity index (χ3v) is 6.48. The molecule has 0 spiro atoms. The second kappa shape index (κ2) is 9.93. The van der Waals surface area contributed by atoms with Crippen LogP contribution in [0.25, 0.3) is 11.1 Å². The highest BCUT2D eigenvalue weighted by Crippen LogP contribution is 2.32. The molecule has 0 aliphatic carbocycles. The van der Waals surface area contributed by atoms with Crippen LogP contribution >= 0.6 is 0 Å². The van der Waals surface area contributed by atoms with E-state index < -0.39 is 11.7 Å². The molecule has 4 nitrogen and oxygen atoms in total. The normalized spacial score (nSPS) is 13.1. The molecule has 0 fully saturated rings. The van der Waals surface area contributed by atoms with Gasteiger partial charge in [-0.3, -0.25) is 9.59 Å². The molecule has 1 aliphatic heterocycles. The number of anilines is 1. The molecule has 1 aliphatic rings. The Morgan fingerprint density at radius 2 is 1.49 bits per heavy atom. The summed E-state index contributed by atoms with van der Waals surface area (Å²) in [6, 6.07) is 26.4. The number of amides is 2. The van der Waals surface area contributed by atoms with E-state index in [-0.39, 0.29) is 11.8 Å². The van der Waals surface area contributed by atoms with Gasteiger partial charge in [-0.25, -0.2) is 0 Å². The summed E-state index contributed by atoms with van der Waals surface area (Å²) < 4.78 is 38.8. The summed E-state index contributed by atoms with van der Waals surface area (Å²) >= 11 is 0. The molecule has 0 saturated heterocycles. The molecule has 37 heavy (non-hydrogen) atoms. The second-order valence-electron chi connectivity index (χ2n) is 8.90. The molecule has 0 aromatic heterocycles. The van der Waals surface area contributed by atoms with Gasteiger partial charge < -0.3 is 10.2 Å². The lowest BCUT2D eigenvalue weighted by molar-refractivity contribution is -0.137. The van der Waals surface area contributed by atoms with E-state index in [0.717, 1.165) is 23.3 Å². The lowest BCUT2D eigenvalue weighted by atomic mass is 9.97. The topological polar surface area (TPSA) is 49.4 Å². The van der Waals surface area contributed by atoms with E-state index in [1.165, 1.54) is 12.1 Å². The van der Waals surface area contributed by atoms with Gasteiger partial charge in [0.2, 0.25) is 0 Å². The van der Waals surface area contributed by atoms with E-state index in [4.69, 9.17) is 0 Å². The first-order chi connectivity index (χ1) is 17.8. The zero-order chi connectivity index (χ0) is 26.0. The molecule has 186 valence electrons. The van der Waals surface area contributed by atoms with Gasteiger partial charge in [0.05, 0.1) is 5.56 Å². The van der Waals surface area contributed by atoms with Crippen molar-refractivity contribution in [2.75, 3.05) is 11.9 Å². The van der Waals surface area contributed by atoms with Crippen molar-refractivity contribution in [2.24, 2.45) is 0 Å². The maximum Gasteiger partial charge on any atom is 0.416 e. The number of nitrogens with one attached hydrogen (secondary N) is 1. The average molecular weight is 501 g/mol. The average Bonchev–Trinajstić information content (AvgIpc) is 2.92. The van der Waals surface area contributed by atoms with Crippen LogP contribution in [0.4, 0.5) is 18.9 Å². The number of alkyl halides is 3. The Balaban J connectivity index is 1.32. The number of hydrogen-bond donors (Lipinski definition) is 1. The molecule has 0 saturated carbocycles. The number of fused-ring (bicyclic) bond motifs is 1. The zero-order valence-electron chi connectivity index (χ0n) is 19.8. The molecule has 0 bridgehead atoms. The Labute approximate surface area is 212 Å². The number of carbonyl (C=O) groups is 2. The minimum atomic E-state index is -4.42. The Morgan fingerprint density at radius 1 is 0.784 bits per heavy atom. The summed E-state index contributed by atoms with van der Waals surface area (Å²) in [4.78, 5) is 27.8. The lowest BCUT2D eigenvalue weighted by Gasteiger charge is -2.29. The lowest BCUT2D eigenvalue weighted by Crippen LogP contribution is -2.36. The van der Waals surface area contributed by atoms with Crippen LogP contribution in [0.5, 0.6) is 0 Å². The van der Waals surface area contributed by atoms with Crippen molar-refractivity contribution in [1.29, 1.82) is 0 Å². The van der Waals surface area contributed by atoms with Crippen molar-refractivity contribution in [3.8, 4) is 11.1 Å². The van der Waals surface area contributed by atoms with Gasteiger partial charge in [-0.2, -0.15) is 13.2 Å². The van der Waals surface area contributed by atoms with Gasteiger partial charge in [0.1, 0.15) is 0 Å². The van der Waals surface area contributed by atoms with E-state index in [0.29, 0.717) is 47.5 Å². The minimum absolute atomic E-state index is 0.0106. The van der Waals surface area contributed by atoms with E-state index >= 15 is 0 Å². The molecule has 4 aromatic carbocycles. The smallest absolute Gasteiger partial charge is 0.334 e. The number of carbonyl (C=O) groups excluding carboxylic acids is 2. The van der Waals surface area contributed by atoms with Crippen LogP contribution < -0.4 is 5.32 Å². The molecule has 1 heterocycles. The van der Waals surface area contributed by atoms with Crippen molar-refractivity contribution in [1.82, 2.24) is 4.90 Å². The van der Waals surface area contributed by atoms with E-state index in [1.54, 1.807) is 42.5 Å². The molecular weight excluding hydrogens is 477 g/mol. The van der Waals surface area contributed by atoms with Gasteiger partial charge in [0.15, 0.2) is 0 Å². The van der Waals surface area contributed by atoms with Gasteiger partial charge in [-0.15, -0.1) is 0 Å². The van der Waals surface area contributed by atoms with Crippen molar-refractivity contribution in [3.05, 3.63) is 125 Å². The van der Waals surface area contributed by atoms with Gasteiger partial charge in [0, 0.05) is 29.9 Å². The van der Waals surface area contributed by atoms with Crippen LogP contribution in [0.2, 0.25) is 0 Å². The molecule has 5 rings (SSSR count). The minimum Gasteiger partial charge on any atom is -0.334 e. The summed E-state index contributed by atoms with van der Waals surface area (Å²) in [5.41, 5.74) is 4.05. The third kappa shape index (κ3) is 5.26. The SMILES string of the molecule is O=C(Nc1ccc2c(c1)CCN(C(=O)c1ccccc1)C2)c1ccccc1-c1ccc(C(F)(F)F)cc1. The maximum atomic E-state index is 13.2. The molecule has 7 heteroatoms. The van der Waals surface area contributed by atoms with Crippen LogP contribution in [0.15, 0.2) is 97.1 Å². The fourth-order valence-corrected chi connectivity index (χ4v) is 4.54. The van der Waals surface area contributed by atoms with Crippen molar-refractivity contribution >= 4 is 17.5 Å². The number of benzene rings is 4. The number of halogens is 3. The fraction of sp³-hybridized carbons (Fsp3) is 0.133. The first-order valence-electron chi connectivity index (χ1n) is 11.8. The van der Waals surface area contributed by atoms with E-state index in [9.17, 15) is 22.8 Å². The highest BCUT2D eigenvalue weighted by atomic mass is 19.4. The largest absolute Gasteiger partial charge is 0.416 e. The predicted octanol–water partition coefficient (Wildman–Crippen LogP) is 6.82. The second-order valence-corrected chi connectivity index (χ2v) is 8.90. The van der Waals surface area contributed by atoms with Crippen molar-refractivity contribution in [2.45, 2.75) is 19.1 Å². The predicted molar refractivity (Wildman–Crippen MR) is 136 cm³/mol. The molecule has 4 aromatic rings. The van der Waals surface area contributed by atoms with Gasteiger partial charge >= 0.3 is 6.18 Å². The van der Waals surface area contributed by atoms with Crippen LogP contribution in [0.1, 0.15) is 37.4 Å². The summed E-state index contributed by atoms with van der Waals surface area (Å²) in [5, 5.41) is 2.91. The molecule has 1 N–H and O–H groups in total. The van der Waals surface area contributed by atoms with Crippen LogP contribution in [0, 0.1) is 0 Å². The van der Waals surface area contributed by atoms with Crippen LogP contribution in [0.3, 0.4) is 0 Å². The van der Waals surface area contributed by atoms with Gasteiger partial charge in [-0.1, -0.05) is 54.6 Å². The monoisotopic (exact) mass is 500 g/mol. The van der Waals surface area contributed by atoms with E-state index in [1.807, 2.05) is 35.2 Å². The Kier molecular flexibility index (Phi) is 6.53. The molecule has 0 unspecified atom stereocenters. The molecule has 0 radical (unpaired) electrons. The maximum absolute atomic E-state index is 13.2.